The molecule has 0 radical (unpaired) electrons. The van der Waals surface area contributed by atoms with E-state index in [1.807, 2.05) is 19.1 Å². The van der Waals surface area contributed by atoms with Crippen LogP contribution in [0, 0.1) is 12.3 Å². The summed E-state index contributed by atoms with van der Waals surface area (Å²) in [6.07, 6.45) is -1.67. The number of ether oxygens (including phenoxy) is 1. The maximum atomic E-state index is 13.6. The molecule has 4 N–H and O–H groups in total. The van der Waals surface area contributed by atoms with E-state index in [2.05, 4.69) is 15.6 Å². The van der Waals surface area contributed by atoms with Gasteiger partial charge in [-0.2, -0.15) is 0 Å². The molecule has 0 spiro atoms. The van der Waals surface area contributed by atoms with Crippen LogP contribution in [0.25, 0.3) is 10.4 Å². The lowest BCUT2D eigenvalue weighted by atomic mass is 9.85. The zero-order valence-electron chi connectivity index (χ0n) is 24.4. The molecule has 0 bridgehead atoms. The largest absolute Gasteiger partial charge is 0.481 e. The topological polar surface area (TPSA) is 175 Å². The number of nitrogens with zero attached hydrogens (tertiary/aromatic N) is 2. The highest BCUT2D eigenvalue weighted by atomic mass is 32.1. The smallest absolute Gasteiger partial charge is 0.306 e. The molecular weight excluding hydrogens is 564 g/mol. The fraction of sp³-hybridized carbons (Fsp3) is 0.517. The molecule has 1 aliphatic heterocycles. The average molecular weight is 603 g/mol. The van der Waals surface area contributed by atoms with Gasteiger partial charge in [0.25, 0.3) is 0 Å². The number of carbonyl (C=O) groups excluding carboxylic acids is 4. The Hall–Kier alpha value is -3.84. The molecule has 3 amide bonds. The van der Waals surface area contributed by atoms with Gasteiger partial charge in [0.2, 0.25) is 17.7 Å². The van der Waals surface area contributed by atoms with E-state index in [1.54, 1.807) is 38.4 Å². The molecule has 3 rings (SSSR count). The van der Waals surface area contributed by atoms with Gasteiger partial charge in [0, 0.05) is 19.9 Å². The number of thiazole rings is 1. The van der Waals surface area contributed by atoms with Crippen LogP contribution in [0.2, 0.25) is 0 Å². The summed E-state index contributed by atoms with van der Waals surface area (Å²) in [5.41, 5.74) is 3.49. The van der Waals surface area contributed by atoms with Crippen molar-refractivity contribution in [2.75, 3.05) is 13.2 Å². The molecule has 13 heteroatoms. The Kier molecular flexibility index (Phi) is 10.8. The molecule has 1 aromatic heterocycles. The minimum Gasteiger partial charge on any atom is -0.481 e. The van der Waals surface area contributed by atoms with E-state index in [0.29, 0.717) is 5.56 Å². The Labute approximate surface area is 248 Å². The second kappa shape index (κ2) is 13.9. The van der Waals surface area contributed by atoms with Gasteiger partial charge in [0.05, 0.1) is 41.1 Å². The van der Waals surface area contributed by atoms with Gasteiger partial charge in [-0.05, 0) is 23.5 Å². The van der Waals surface area contributed by atoms with Crippen LogP contribution in [0.1, 0.15) is 64.3 Å². The molecule has 0 unspecified atom stereocenters. The molecule has 0 aliphatic carbocycles. The van der Waals surface area contributed by atoms with Gasteiger partial charge >= 0.3 is 11.9 Å². The number of carboxylic acid groups (broad SMARTS) is 1. The van der Waals surface area contributed by atoms with Crippen molar-refractivity contribution >= 4 is 41.0 Å². The van der Waals surface area contributed by atoms with E-state index in [-0.39, 0.29) is 32.4 Å². The number of nitrogens with one attached hydrogen (secondary N) is 2. The number of aryl methyl sites for hydroxylation is 1. The van der Waals surface area contributed by atoms with Gasteiger partial charge in [-0.1, -0.05) is 45.0 Å². The Morgan fingerprint density at radius 2 is 1.79 bits per heavy atom. The summed E-state index contributed by atoms with van der Waals surface area (Å²) in [6, 6.07) is 4.49. The monoisotopic (exact) mass is 602 g/mol. The molecule has 42 heavy (non-hydrogen) atoms. The van der Waals surface area contributed by atoms with E-state index >= 15 is 0 Å². The maximum Gasteiger partial charge on any atom is 0.306 e. The van der Waals surface area contributed by atoms with Crippen LogP contribution in [-0.4, -0.2) is 81.1 Å². The second-order valence-corrected chi connectivity index (χ2v) is 12.3. The number of carboxylic acids is 1. The number of aliphatic hydroxyl groups excluding tert-OH is 1. The number of aliphatic hydroxyl groups is 1. The minimum absolute atomic E-state index is 0.0107. The number of carbonyl (C=O) groups is 5. The molecule has 1 saturated heterocycles. The summed E-state index contributed by atoms with van der Waals surface area (Å²) >= 11 is 1.49. The van der Waals surface area contributed by atoms with Gasteiger partial charge in [-0.15, -0.1) is 11.3 Å². The number of likely N-dealkylation sites (tertiary alicyclic amines) is 1. The predicted molar refractivity (Wildman–Crippen MR) is 154 cm³/mol. The van der Waals surface area contributed by atoms with Crippen molar-refractivity contribution in [1.82, 2.24) is 20.5 Å². The van der Waals surface area contributed by atoms with Crippen LogP contribution in [-0.2, 0) is 28.7 Å². The van der Waals surface area contributed by atoms with E-state index in [0.717, 1.165) is 16.1 Å². The molecule has 4 atom stereocenters. The number of aliphatic carboxylic acids is 1. The van der Waals surface area contributed by atoms with Crippen LogP contribution in [0.4, 0.5) is 0 Å². The maximum absolute atomic E-state index is 13.6. The van der Waals surface area contributed by atoms with Crippen LogP contribution >= 0.6 is 11.3 Å². The third-order valence-corrected chi connectivity index (χ3v) is 7.89. The van der Waals surface area contributed by atoms with Crippen molar-refractivity contribution in [2.45, 2.75) is 78.1 Å². The SMILES string of the molecule is CC(=O)N[C@H](C(=O)N1C[C@H](O)C[C@H]1C(=O)N[C@@H](COC(=O)CCC(=O)O)c1ccc(-c2scnc2C)cc1)C(C)(C)C. The number of aromatic nitrogens is 1. The highest BCUT2D eigenvalue weighted by Crippen LogP contribution is 2.30. The fourth-order valence-corrected chi connectivity index (χ4v) is 5.53. The standard InChI is InChI=1S/C29H38N4O8S/c1-16-25(42-15-30-16)19-8-6-18(7-9-19)21(14-41-24(38)11-10-23(36)37)32-27(39)22-12-20(35)13-33(22)28(40)26(29(3,4)5)31-17(2)34/h6-9,15,20-22,26,35H,10-14H2,1-5H3,(H,31,34)(H,32,39)(H,36,37)/t20-,21+,22+,26-/m1/s1. The number of benzene rings is 1. The van der Waals surface area contributed by atoms with Crippen LogP contribution in [0.5, 0.6) is 0 Å². The van der Waals surface area contributed by atoms with Gasteiger partial charge in [0.1, 0.15) is 18.7 Å². The van der Waals surface area contributed by atoms with Gasteiger partial charge in [0.15, 0.2) is 0 Å². The Balaban J connectivity index is 1.84. The zero-order valence-corrected chi connectivity index (χ0v) is 25.2. The van der Waals surface area contributed by atoms with Gasteiger partial charge < -0.3 is 30.5 Å². The number of rotatable bonds is 11. The molecule has 12 nitrogen and oxygen atoms in total. The first kappa shape index (κ1) is 32.7. The van der Waals surface area contributed by atoms with E-state index in [9.17, 15) is 29.1 Å². The van der Waals surface area contributed by atoms with E-state index < -0.39 is 59.3 Å². The summed E-state index contributed by atoms with van der Waals surface area (Å²) in [4.78, 5) is 68.6. The summed E-state index contributed by atoms with van der Waals surface area (Å²) in [5.74, 6) is -3.32. The van der Waals surface area contributed by atoms with Gasteiger partial charge in [-0.25, -0.2) is 4.98 Å². The lowest BCUT2D eigenvalue weighted by Gasteiger charge is -2.35. The fourth-order valence-electron chi connectivity index (χ4n) is 4.72. The van der Waals surface area contributed by atoms with Crippen LogP contribution in [0.3, 0.4) is 0 Å². The third kappa shape index (κ3) is 8.58. The first-order valence-electron chi connectivity index (χ1n) is 13.6. The van der Waals surface area contributed by atoms with Crippen molar-refractivity contribution in [3.05, 3.63) is 41.0 Å². The van der Waals surface area contributed by atoms with Crippen molar-refractivity contribution in [1.29, 1.82) is 0 Å². The molecule has 228 valence electrons. The molecular formula is C29H38N4O8S. The van der Waals surface area contributed by atoms with Crippen molar-refractivity contribution in [2.24, 2.45) is 5.41 Å². The molecule has 1 aromatic carbocycles. The first-order valence-corrected chi connectivity index (χ1v) is 14.5. The van der Waals surface area contributed by atoms with Crippen LogP contribution in [0.15, 0.2) is 29.8 Å². The number of esters is 1. The van der Waals surface area contributed by atoms with Crippen molar-refractivity contribution in [3.8, 4) is 10.4 Å². The number of β-amino-alcohol motifs (C(OH)–C–C–N with tert-alkyl or cyclic N) is 1. The Morgan fingerprint density at radius 1 is 1.12 bits per heavy atom. The molecule has 2 aromatic rings. The lowest BCUT2D eigenvalue weighted by Crippen LogP contribution is -2.57. The van der Waals surface area contributed by atoms with E-state index in [1.165, 1.54) is 23.2 Å². The summed E-state index contributed by atoms with van der Waals surface area (Å²) in [7, 11) is 0. The quantitative estimate of drug-likeness (QED) is 0.281. The third-order valence-electron chi connectivity index (χ3n) is 6.92. The molecule has 2 heterocycles. The molecule has 0 saturated carbocycles. The number of hydrogen-bond donors (Lipinski definition) is 4. The number of hydrogen-bond acceptors (Lipinski definition) is 9. The highest BCUT2D eigenvalue weighted by molar-refractivity contribution is 7.13. The Bertz CT molecular complexity index is 1300. The number of amides is 3. The highest BCUT2D eigenvalue weighted by Gasteiger charge is 2.44. The summed E-state index contributed by atoms with van der Waals surface area (Å²) in [5, 5.41) is 24.8. The first-order chi connectivity index (χ1) is 19.7. The minimum atomic E-state index is -1.14. The van der Waals surface area contributed by atoms with E-state index in [4.69, 9.17) is 9.84 Å². The normalized spacial score (nSPS) is 18.2. The van der Waals surface area contributed by atoms with Crippen molar-refractivity contribution < 1.29 is 38.9 Å². The zero-order chi connectivity index (χ0) is 31.2. The van der Waals surface area contributed by atoms with Crippen molar-refractivity contribution in [3.63, 3.8) is 0 Å². The van der Waals surface area contributed by atoms with Gasteiger partial charge in [-0.3, -0.25) is 24.0 Å². The summed E-state index contributed by atoms with van der Waals surface area (Å²) in [6.45, 7) is 8.22. The Morgan fingerprint density at radius 3 is 2.33 bits per heavy atom. The summed E-state index contributed by atoms with van der Waals surface area (Å²) < 4.78 is 5.31. The van der Waals surface area contributed by atoms with Crippen LogP contribution < -0.4 is 10.6 Å². The lowest BCUT2D eigenvalue weighted by molar-refractivity contribution is -0.149. The average Bonchev–Trinajstić information content (AvgIpc) is 3.52. The molecule has 1 aliphatic rings. The predicted octanol–water partition coefficient (Wildman–Crippen LogP) is 2.20. The molecule has 1 fully saturated rings. The second-order valence-electron chi connectivity index (χ2n) is 11.4.